The van der Waals surface area contributed by atoms with Gasteiger partial charge in [0.15, 0.2) is 0 Å². The Bertz CT molecular complexity index is 268. The maximum absolute atomic E-state index is 8.85. The second-order valence-corrected chi connectivity index (χ2v) is 4.42. The smallest absolute Gasteiger partial charge is 0.0954 e. The highest BCUT2D eigenvalue weighted by Crippen LogP contribution is 2.20. The first-order valence-electron chi connectivity index (χ1n) is 4.54. The predicted octanol–water partition coefficient (Wildman–Crippen LogP) is 1.36. The monoisotopic (exact) mass is 199 g/mol. The van der Waals surface area contributed by atoms with E-state index in [-0.39, 0.29) is 6.61 Å². The maximum Gasteiger partial charge on any atom is 0.0954 e. The van der Waals surface area contributed by atoms with Gasteiger partial charge in [-0.3, -0.25) is 0 Å². The topological polar surface area (TPSA) is 42.4 Å². The molecule has 1 saturated heterocycles. The lowest BCUT2D eigenvalue weighted by Gasteiger charge is -2.05. The van der Waals surface area contributed by atoms with Crippen LogP contribution in [0.2, 0.25) is 0 Å². The van der Waals surface area contributed by atoms with Crippen LogP contribution in [0.1, 0.15) is 22.7 Å². The molecule has 1 atom stereocenters. The molecule has 2 heterocycles. The minimum absolute atomic E-state index is 0.100. The van der Waals surface area contributed by atoms with E-state index in [1.165, 1.54) is 6.42 Å². The summed E-state index contributed by atoms with van der Waals surface area (Å²) in [6, 6.07) is 0. The van der Waals surface area contributed by atoms with Crippen molar-refractivity contribution in [1.82, 2.24) is 4.98 Å². The van der Waals surface area contributed by atoms with Crippen LogP contribution in [0, 0.1) is 0 Å². The number of aliphatic hydroxyl groups is 1. The van der Waals surface area contributed by atoms with Crippen LogP contribution in [0.4, 0.5) is 0 Å². The Morgan fingerprint density at radius 1 is 1.69 bits per heavy atom. The van der Waals surface area contributed by atoms with Gasteiger partial charge in [0.1, 0.15) is 0 Å². The van der Waals surface area contributed by atoms with Crippen molar-refractivity contribution >= 4 is 11.3 Å². The van der Waals surface area contributed by atoms with Crippen molar-refractivity contribution in [3.63, 3.8) is 0 Å². The summed E-state index contributed by atoms with van der Waals surface area (Å²) in [6.07, 6.45) is 5.33. The summed E-state index contributed by atoms with van der Waals surface area (Å²) in [4.78, 5) is 5.17. The van der Waals surface area contributed by atoms with E-state index in [1.807, 2.05) is 0 Å². The molecule has 0 amide bonds. The number of nitrogens with zero attached hydrogens (tertiary/aromatic N) is 1. The Morgan fingerprint density at radius 3 is 3.23 bits per heavy atom. The van der Waals surface area contributed by atoms with Crippen molar-refractivity contribution in [1.29, 1.82) is 0 Å². The van der Waals surface area contributed by atoms with E-state index in [9.17, 15) is 0 Å². The Labute approximate surface area is 81.4 Å². The van der Waals surface area contributed by atoms with Crippen molar-refractivity contribution < 1.29 is 9.84 Å². The molecule has 0 radical (unpaired) electrons. The van der Waals surface area contributed by atoms with Gasteiger partial charge in [0.25, 0.3) is 0 Å². The van der Waals surface area contributed by atoms with Gasteiger partial charge in [-0.15, -0.1) is 11.3 Å². The first-order valence-corrected chi connectivity index (χ1v) is 5.36. The lowest BCUT2D eigenvalue weighted by Crippen LogP contribution is -2.08. The quantitative estimate of drug-likeness (QED) is 0.799. The van der Waals surface area contributed by atoms with Gasteiger partial charge in [-0.25, -0.2) is 4.98 Å². The Hall–Kier alpha value is -0.450. The fourth-order valence-corrected chi connectivity index (χ4v) is 2.36. The van der Waals surface area contributed by atoms with E-state index in [4.69, 9.17) is 9.84 Å². The highest BCUT2D eigenvalue weighted by atomic mass is 32.1. The predicted molar refractivity (Wildman–Crippen MR) is 50.7 cm³/mol. The molecule has 0 bridgehead atoms. The van der Waals surface area contributed by atoms with Crippen molar-refractivity contribution in [3.05, 3.63) is 16.1 Å². The van der Waals surface area contributed by atoms with Gasteiger partial charge < -0.3 is 9.84 Å². The van der Waals surface area contributed by atoms with Gasteiger partial charge in [0.2, 0.25) is 0 Å². The molecule has 13 heavy (non-hydrogen) atoms. The standard InChI is InChI=1S/C9H13NO2S/c11-6-8-5-10-9(13-8)4-7-2-1-3-12-7/h5,7,11H,1-4,6H2. The van der Waals surface area contributed by atoms with Crippen molar-refractivity contribution in [2.75, 3.05) is 6.61 Å². The second kappa shape index (κ2) is 4.17. The molecule has 0 saturated carbocycles. The summed E-state index contributed by atoms with van der Waals surface area (Å²) in [5.74, 6) is 0. The third-order valence-electron chi connectivity index (χ3n) is 2.18. The van der Waals surface area contributed by atoms with Crippen LogP contribution >= 0.6 is 11.3 Å². The van der Waals surface area contributed by atoms with Gasteiger partial charge in [-0.2, -0.15) is 0 Å². The average Bonchev–Trinajstić information content (AvgIpc) is 2.76. The zero-order chi connectivity index (χ0) is 9.10. The van der Waals surface area contributed by atoms with Crippen LogP contribution < -0.4 is 0 Å². The molecule has 4 heteroatoms. The fraction of sp³-hybridized carbons (Fsp3) is 0.667. The molecule has 3 nitrogen and oxygen atoms in total. The Kier molecular flexibility index (Phi) is 2.93. The first kappa shape index (κ1) is 9.12. The highest BCUT2D eigenvalue weighted by Gasteiger charge is 2.17. The van der Waals surface area contributed by atoms with Crippen LogP contribution in [0.5, 0.6) is 0 Å². The van der Waals surface area contributed by atoms with E-state index in [0.717, 1.165) is 29.3 Å². The van der Waals surface area contributed by atoms with E-state index >= 15 is 0 Å². The number of ether oxygens (including phenoxy) is 1. The maximum atomic E-state index is 8.85. The molecule has 0 aromatic carbocycles. The summed E-state index contributed by atoms with van der Waals surface area (Å²) in [5.41, 5.74) is 0. The van der Waals surface area contributed by atoms with E-state index in [0.29, 0.717) is 6.10 Å². The molecule has 1 aliphatic heterocycles. The van der Waals surface area contributed by atoms with Crippen LogP contribution in [0.3, 0.4) is 0 Å². The molecule has 72 valence electrons. The van der Waals surface area contributed by atoms with E-state index in [1.54, 1.807) is 17.5 Å². The van der Waals surface area contributed by atoms with Crippen LogP contribution in [0.15, 0.2) is 6.20 Å². The fourth-order valence-electron chi connectivity index (χ4n) is 1.52. The molecule has 1 fully saturated rings. The van der Waals surface area contributed by atoms with E-state index in [2.05, 4.69) is 4.98 Å². The Balaban J connectivity index is 1.92. The molecular weight excluding hydrogens is 186 g/mol. The molecule has 1 aromatic heterocycles. The van der Waals surface area contributed by atoms with Crippen LogP contribution in [-0.4, -0.2) is 22.8 Å². The summed E-state index contributed by atoms with van der Waals surface area (Å²) < 4.78 is 5.50. The average molecular weight is 199 g/mol. The number of aromatic nitrogens is 1. The minimum Gasteiger partial charge on any atom is -0.391 e. The first-order chi connectivity index (χ1) is 6.38. The Morgan fingerprint density at radius 2 is 2.62 bits per heavy atom. The minimum atomic E-state index is 0.100. The summed E-state index contributed by atoms with van der Waals surface area (Å²) >= 11 is 1.58. The van der Waals surface area contributed by atoms with Gasteiger partial charge in [0.05, 0.1) is 22.6 Å². The lowest BCUT2D eigenvalue weighted by atomic mass is 10.2. The highest BCUT2D eigenvalue weighted by molar-refractivity contribution is 7.11. The molecule has 1 aliphatic rings. The zero-order valence-corrected chi connectivity index (χ0v) is 8.22. The summed E-state index contributed by atoms with van der Waals surface area (Å²) in [5, 5.41) is 9.93. The van der Waals surface area contributed by atoms with Crippen molar-refractivity contribution in [2.45, 2.75) is 32.0 Å². The third-order valence-corrected chi connectivity index (χ3v) is 3.19. The molecule has 1 aromatic rings. The van der Waals surface area contributed by atoms with E-state index < -0.39 is 0 Å². The number of thiazole rings is 1. The molecule has 0 aliphatic carbocycles. The molecule has 0 spiro atoms. The van der Waals surface area contributed by atoms with Crippen molar-refractivity contribution in [2.24, 2.45) is 0 Å². The van der Waals surface area contributed by atoms with Gasteiger partial charge in [-0.1, -0.05) is 0 Å². The summed E-state index contributed by atoms with van der Waals surface area (Å²) in [6.45, 7) is 0.992. The van der Waals surface area contributed by atoms with Crippen molar-refractivity contribution in [3.8, 4) is 0 Å². The lowest BCUT2D eigenvalue weighted by molar-refractivity contribution is 0.111. The molecule has 1 N–H and O–H groups in total. The number of aliphatic hydroxyl groups excluding tert-OH is 1. The number of hydrogen-bond acceptors (Lipinski definition) is 4. The molecular formula is C9H13NO2S. The van der Waals surface area contributed by atoms with Gasteiger partial charge in [0, 0.05) is 19.2 Å². The van der Waals surface area contributed by atoms with Crippen LogP contribution in [0.25, 0.3) is 0 Å². The van der Waals surface area contributed by atoms with Gasteiger partial charge in [-0.05, 0) is 12.8 Å². The second-order valence-electron chi connectivity index (χ2n) is 3.22. The normalized spacial score (nSPS) is 22.4. The molecule has 1 unspecified atom stereocenters. The number of rotatable bonds is 3. The summed E-state index contributed by atoms with van der Waals surface area (Å²) in [7, 11) is 0. The largest absolute Gasteiger partial charge is 0.391 e. The number of hydrogen-bond donors (Lipinski definition) is 1. The van der Waals surface area contributed by atoms with Crippen LogP contribution in [-0.2, 0) is 17.8 Å². The molecule has 2 rings (SSSR count). The van der Waals surface area contributed by atoms with Gasteiger partial charge >= 0.3 is 0 Å². The SMILES string of the molecule is OCc1cnc(CC2CCCO2)s1. The third kappa shape index (κ3) is 2.27. The zero-order valence-electron chi connectivity index (χ0n) is 7.40.